The summed E-state index contributed by atoms with van der Waals surface area (Å²) in [6, 6.07) is 4.28. The Hall–Kier alpha value is -4.50. The van der Waals surface area contributed by atoms with Crippen molar-refractivity contribution in [3.8, 4) is 16.6 Å². The number of hydrogen-bond donors (Lipinski definition) is 4. The number of carbonyl (C=O) groups excluding carboxylic acids is 4. The molecular weight excluding hydrogens is 735 g/mol. The largest absolute Gasteiger partial charge is 0.459 e. The van der Waals surface area contributed by atoms with Crippen molar-refractivity contribution in [2.75, 3.05) is 6.54 Å². The van der Waals surface area contributed by atoms with Gasteiger partial charge in [-0.05, 0) is 79.4 Å². The van der Waals surface area contributed by atoms with E-state index in [4.69, 9.17) is 19.4 Å². The number of amides is 4. The van der Waals surface area contributed by atoms with Crippen molar-refractivity contribution >= 4 is 46.2 Å². The Morgan fingerprint density at radius 3 is 2.50 bits per heavy atom. The van der Waals surface area contributed by atoms with Gasteiger partial charge in [0.15, 0.2) is 0 Å². The fourth-order valence-corrected chi connectivity index (χ4v) is 9.07. The lowest BCUT2D eigenvalue weighted by Crippen LogP contribution is -2.57. The van der Waals surface area contributed by atoms with Gasteiger partial charge in [-0.2, -0.15) is 4.98 Å². The van der Waals surface area contributed by atoms with Crippen LogP contribution in [0.3, 0.4) is 0 Å². The van der Waals surface area contributed by atoms with Gasteiger partial charge in [-0.25, -0.2) is 15.3 Å². The van der Waals surface area contributed by atoms with E-state index in [0.717, 1.165) is 51.4 Å². The number of alkyl carbamates (subject to hydrolysis) is 1. The van der Waals surface area contributed by atoms with E-state index in [1.807, 2.05) is 48.8 Å². The van der Waals surface area contributed by atoms with Crippen LogP contribution in [0.25, 0.3) is 21.6 Å². The number of rotatable bonds is 6. The molecule has 1 aliphatic carbocycles. The second-order valence-corrected chi connectivity index (χ2v) is 18.9. The third kappa shape index (κ3) is 8.58. The zero-order valence-corrected chi connectivity index (χ0v) is 34.8. The smallest absolute Gasteiger partial charge is 0.408 e. The summed E-state index contributed by atoms with van der Waals surface area (Å²) in [6.45, 7) is 17.9. The number of carbonyl (C=O) groups is 4. The molecule has 2 fully saturated rings. The SMILES string of the molecule is Cc1sc(-c2cccc3c2nc(O[C@@H]2C[C@H]4C(=O)N[C@]5(C(=O)NO)CC5/C=C\CCCCC[C@H](NC(=O)OC(C)(C)C)C(=O)N4C2)n3C(C)C)nc1C(C)(C)C. The Balaban J connectivity index is 1.35. The molecule has 5 atom stereocenters. The van der Waals surface area contributed by atoms with Crippen molar-refractivity contribution in [2.24, 2.45) is 5.92 Å². The van der Waals surface area contributed by atoms with Crippen LogP contribution in [-0.2, 0) is 24.5 Å². The van der Waals surface area contributed by atoms with Gasteiger partial charge in [-0.1, -0.05) is 51.8 Å². The summed E-state index contributed by atoms with van der Waals surface area (Å²) < 4.78 is 14.2. The van der Waals surface area contributed by atoms with Gasteiger partial charge in [0.05, 0.1) is 17.8 Å². The minimum Gasteiger partial charge on any atom is -0.459 e. The van der Waals surface area contributed by atoms with Crippen LogP contribution in [0, 0.1) is 12.8 Å². The van der Waals surface area contributed by atoms with Gasteiger partial charge < -0.3 is 25.0 Å². The molecular formula is C41H57N7O7S. The summed E-state index contributed by atoms with van der Waals surface area (Å²) in [7, 11) is 0. The predicted octanol–water partition coefficient (Wildman–Crippen LogP) is 6.49. The Kier molecular flexibility index (Phi) is 11.6. The maximum atomic E-state index is 14.6. The number of benzene rings is 1. The lowest BCUT2D eigenvalue weighted by Gasteiger charge is -2.30. The molecule has 3 aromatic rings. The van der Waals surface area contributed by atoms with Crippen LogP contribution in [0.1, 0.15) is 117 Å². The Morgan fingerprint density at radius 2 is 1.84 bits per heavy atom. The molecule has 2 aromatic heterocycles. The average Bonchev–Trinajstić information content (AvgIpc) is 3.40. The summed E-state index contributed by atoms with van der Waals surface area (Å²) in [6.07, 6.45) is 6.29. The molecule has 304 valence electrons. The number of fused-ring (bicyclic) bond motifs is 3. The third-order valence-corrected chi connectivity index (χ3v) is 11.7. The fraction of sp³-hybridized carbons (Fsp3) is 0.610. The normalized spacial score (nSPS) is 25.4. The zero-order valence-electron chi connectivity index (χ0n) is 34.0. The molecule has 6 rings (SSSR count). The van der Waals surface area contributed by atoms with Crippen LogP contribution in [0.4, 0.5) is 4.79 Å². The van der Waals surface area contributed by atoms with Crippen LogP contribution >= 0.6 is 11.3 Å². The molecule has 4 N–H and O–H groups in total. The molecule has 3 aliphatic rings. The van der Waals surface area contributed by atoms with E-state index in [2.05, 4.69) is 38.3 Å². The highest BCUT2D eigenvalue weighted by Gasteiger charge is 2.61. The number of thiazole rings is 1. The highest BCUT2D eigenvalue weighted by atomic mass is 32.1. The number of hydrogen-bond acceptors (Lipinski definition) is 10. The summed E-state index contributed by atoms with van der Waals surface area (Å²) in [4.78, 5) is 67.6. The van der Waals surface area contributed by atoms with Gasteiger partial charge in [0, 0.05) is 34.2 Å². The first-order valence-electron chi connectivity index (χ1n) is 19.7. The van der Waals surface area contributed by atoms with Gasteiger partial charge in [-0.15, -0.1) is 11.3 Å². The maximum absolute atomic E-state index is 14.6. The molecule has 0 radical (unpaired) electrons. The van der Waals surface area contributed by atoms with Gasteiger partial charge in [0.1, 0.15) is 39.9 Å². The maximum Gasteiger partial charge on any atom is 0.408 e. The van der Waals surface area contributed by atoms with Crippen molar-refractivity contribution in [3.05, 3.63) is 40.9 Å². The first kappa shape index (κ1) is 41.1. The fourth-order valence-electron chi connectivity index (χ4n) is 7.92. The van der Waals surface area contributed by atoms with Gasteiger partial charge in [0.2, 0.25) is 11.8 Å². The molecule has 1 saturated heterocycles. The average molecular weight is 792 g/mol. The van der Waals surface area contributed by atoms with Crippen LogP contribution < -0.4 is 20.9 Å². The third-order valence-electron chi connectivity index (χ3n) is 10.7. The lowest BCUT2D eigenvalue weighted by atomic mass is 9.91. The number of ether oxygens (including phenoxy) is 2. The summed E-state index contributed by atoms with van der Waals surface area (Å²) in [5.74, 6) is -2.03. The quantitative estimate of drug-likeness (QED) is 0.124. The van der Waals surface area contributed by atoms with E-state index < -0.39 is 53.1 Å². The number of allylic oxidation sites excluding steroid dienone is 1. The van der Waals surface area contributed by atoms with Crippen LogP contribution in [-0.4, -0.2) is 84.3 Å². The van der Waals surface area contributed by atoms with Gasteiger partial charge in [0.25, 0.3) is 11.9 Å². The molecule has 1 saturated carbocycles. The molecule has 4 heterocycles. The number of hydroxylamine groups is 1. The first-order chi connectivity index (χ1) is 26.3. The van der Waals surface area contributed by atoms with Crippen molar-refractivity contribution < 1.29 is 33.9 Å². The number of aromatic nitrogens is 3. The summed E-state index contributed by atoms with van der Waals surface area (Å²) in [5, 5.41) is 16.2. The van der Waals surface area contributed by atoms with Crippen LogP contribution in [0.5, 0.6) is 6.01 Å². The standard InChI is InChI=1S/C41H57N7O7S/c1-23(2)48-29-19-15-17-27(34-44-32(24(3)56-34)39(4,5)6)31(29)43-37(48)54-26-20-30-33(49)45-41(36(51)46-53)21-25(41)16-13-11-10-12-14-18-28(35(50)47(30)22-26)42-38(52)55-40(7,8)9/h13,15-17,19,23,25-26,28,30,53H,10-12,14,18,20-22H2,1-9H3,(H,42,52)(H,45,49)(H,46,51)/b16-13-/t25?,26-,28+,30+,41-/m1/s1. The van der Waals surface area contributed by atoms with Crippen LogP contribution in [0.2, 0.25) is 0 Å². The number of nitrogens with one attached hydrogen (secondary N) is 3. The Labute approximate surface area is 332 Å². The van der Waals surface area contributed by atoms with E-state index >= 15 is 0 Å². The molecule has 0 spiro atoms. The molecule has 2 aliphatic heterocycles. The lowest BCUT2D eigenvalue weighted by molar-refractivity contribution is -0.142. The molecule has 56 heavy (non-hydrogen) atoms. The minimum atomic E-state index is -1.35. The first-order valence-corrected chi connectivity index (χ1v) is 20.5. The van der Waals surface area contributed by atoms with Crippen LogP contribution in [0.15, 0.2) is 30.4 Å². The predicted molar refractivity (Wildman–Crippen MR) is 213 cm³/mol. The van der Waals surface area contributed by atoms with Crippen molar-refractivity contribution in [1.82, 2.24) is 35.5 Å². The molecule has 1 aromatic carbocycles. The van der Waals surface area contributed by atoms with Gasteiger partial charge in [-0.3, -0.25) is 24.2 Å². The highest BCUT2D eigenvalue weighted by molar-refractivity contribution is 7.15. The van der Waals surface area contributed by atoms with E-state index in [0.29, 0.717) is 25.3 Å². The molecule has 0 bridgehead atoms. The molecule has 15 heteroatoms. The monoisotopic (exact) mass is 791 g/mol. The second-order valence-electron chi connectivity index (χ2n) is 17.7. The number of imidazole rings is 1. The number of nitrogens with zero attached hydrogens (tertiary/aromatic N) is 4. The zero-order chi connectivity index (χ0) is 40.7. The van der Waals surface area contributed by atoms with Gasteiger partial charge >= 0.3 is 6.09 Å². The van der Waals surface area contributed by atoms with E-state index in [1.165, 1.54) is 4.90 Å². The van der Waals surface area contributed by atoms with Crippen molar-refractivity contribution in [3.63, 3.8) is 0 Å². The van der Waals surface area contributed by atoms with Crippen molar-refractivity contribution in [1.29, 1.82) is 0 Å². The summed E-state index contributed by atoms with van der Waals surface area (Å²) >= 11 is 1.63. The molecule has 4 amide bonds. The topological polar surface area (TPSA) is 177 Å². The second kappa shape index (κ2) is 15.8. The number of para-hydroxylation sites is 1. The number of aryl methyl sites for hydroxylation is 1. The minimum absolute atomic E-state index is 0.0285. The van der Waals surface area contributed by atoms with E-state index in [9.17, 15) is 24.4 Å². The van der Waals surface area contributed by atoms with E-state index in [1.54, 1.807) is 37.6 Å². The molecule has 1 unspecified atom stereocenters. The summed E-state index contributed by atoms with van der Waals surface area (Å²) in [5.41, 5.74) is 3.00. The Bertz CT molecular complexity index is 2010. The molecule has 14 nitrogen and oxygen atoms in total. The van der Waals surface area contributed by atoms with Crippen molar-refractivity contribution in [2.45, 2.75) is 148 Å². The van der Waals surface area contributed by atoms with E-state index in [-0.39, 0.29) is 30.3 Å². The Morgan fingerprint density at radius 1 is 1.09 bits per heavy atom. The highest BCUT2D eigenvalue weighted by Crippen LogP contribution is 2.46.